The van der Waals surface area contributed by atoms with Gasteiger partial charge in [0, 0.05) is 23.9 Å². The number of carbonyl (C=O) groups excluding carboxylic acids is 1. The van der Waals surface area contributed by atoms with Gasteiger partial charge in [0.25, 0.3) is 5.91 Å². The molecule has 1 heterocycles. The largest absolute Gasteiger partial charge is 0.490 e. The maximum Gasteiger partial charge on any atom is 0.251 e. The van der Waals surface area contributed by atoms with Crippen LogP contribution in [0, 0.1) is 0 Å². The highest BCUT2D eigenvalue weighted by atomic mass is 16.5. The molecule has 1 amide bonds. The molecule has 0 aliphatic rings. The standard InChI is InChI=1S/C19H24N2O4/c1-4-23-16-10-9-14(12-17(16)24-5-2)18(22)21-13-15-8-7-11-20-19(15)25-6-3/h7-12H,4-6,13H2,1-3H3,(H,21,22). The lowest BCUT2D eigenvalue weighted by Gasteiger charge is -2.13. The highest BCUT2D eigenvalue weighted by molar-refractivity contribution is 5.94. The molecule has 0 aliphatic carbocycles. The number of pyridine rings is 1. The molecule has 0 aliphatic heterocycles. The van der Waals surface area contributed by atoms with Gasteiger partial charge in [-0.15, -0.1) is 0 Å². The van der Waals surface area contributed by atoms with Gasteiger partial charge in [-0.2, -0.15) is 0 Å². The van der Waals surface area contributed by atoms with E-state index in [2.05, 4.69) is 10.3 Å². The lowest BCUT2D eigenvalue weighted by atomic mass is 10.1. The van der Waals surface area contributed by atoms with Crippen LogP contribution in [-0.4, -0.2) is 30.7 Å². The molecule has 2 aromatic rings. The SMILES string of the molecule is CCOc1ccc(C(=O)NCc2cccnc2OCC)cc1OCC. The quantitative estimate of drug-likeness (QED) is 0.756. The van der Waals surface area contributed by atoms with Crippen LogP contribution >= 0.6 is 0 Å². The van der Waals surface area contributed by atoms with Gasteiger partial charge in [-0.1, -0.05) is 6.07 Å². The minimum absolute atomic E-state index is 0.199. The van der Waals surface area contributed by atoms with Crippen molar-refractivity contribution in [1.29, 1.82) is 0 Å². The third-order valence-corrected chi connectivity index (χ3v) is 3.38. The lowest BCUT2D eigenvalue weighted by molar-refractivity contribution is 0.0950. The Balaban J connectivity index is 2.09. The number of amides is 1. The minimum atomic E-state index is -0.199. The van der Waals surface area contributed by atoms with Crippen molar-refractivity contribution in [3.63, 3.8) is 0 Å². The molecule has 1 N–H and O–H groups in total. The molecule has 0 saturated carbocycles. The minimum Gasteiger partial charge on any atom is -0.490 e. The van der Waals surface area contributed by atoms with Gasteiger partial charge in [0.2, 0.25) is 5.88 Å². The molecule has 2 rings (SSSR count). The van der Waals surface area contributed by atoms with Gasteiger partial charge < -0.3 is 19.5 Å². The molecule has 6 heteroatoms. The second-order valence-electron chi connectivity index (χ2n) is 5.11. The molecule has 1 aromatic heterocycles. The van der Waals surface area contributed by atoms with Crippen molar-refractivity contribution in [1.82, 2.24) is 10.3 Å². The Bertz CT molecular complexity index is 704. The molecule has 1 aromatic carbocycles. The summed E-state index contributed by atoms with van der Waals surface area (Å²) in [6, 6.07) is 8.85. The zero-order valence-corrected chi connectivity index (χ0v) is 14.9. The summed E-state index contributed by atoms with van der Waals surface area (Å²) in [5.74, 6) is 1.53. The topological polar surface area (TPSA) is 69.7 Å². The molecule has 25 heavy (non-hydrogen) atoms. The number of carbonyl (C=O) groups is 1. The van der Waals surface area contributed by atoms with Crippen molar-refractivity contribution in [3.05, 3.63) is 47.7 Å². The van der Waals surface area contributed by atoms with E-state index in [1.165, 1.54) is 0 Å². The van der Waals surface area contributed by atoms with E-state index >= 15 is 0 Å². The van der Waals surface area contributed by atoms with Crippen LogP contribution in [0.2, 0.25) is 0 Å². The second kappa shape index (κ2) is 9.52. The Kier molecular flexibility index (Phi) is 7.07. The summed E-state index contributed by atoms with van der Waals surface area (Å²) in [7, 11) is 0. The normalized spacial score (nSPS) is 10.2. The molecule has 0 radical (unpaired) electrons. The first kappa shape index (κ1) is 18.6. The number of hydrogen-bond acceptors (Lipinski definition) is 5. The summed E-state index contributed by atoms with van der Waals surface area (Å²) in [5, 5.41) is 2.88. The number of rotatable bonds is 9. The monoisotopic (exact) mass is 344 g/mol. The van der Waals surface area contributed by atoms with E-state index in [1.807, 2.05) is 32.9 Å². The van der Waals surface area contributed by atoms with Crippen LogP contribution in [0.3, 0.4) is 0 Å². The summed E-state index contributed by atoms with van der Waals surface area (Å²) < 4.78 is 16.5. The maximum atomic E-state index is 12.4. The van der Waals surface area contributed by atoms with Crippen LogP contribution in [-0.2, 0) is 6.54 Å². The van der Waals surface area contributed by atoms with E-state index in [0.29, 0.717) is 49.3 Å². The van der Waals surface area contributed by atoms with E-state index in [4.69, 9.17) is 14.2 Å². The number of hydrogen-bond donors (Lipinski definition) is 1. The number of ether oxygens (including phenoxy) is 3. The third kappa shape index (κ3) is 5.11. The van der Waals surface area contributed by atoms with E-state index in [1.54, 1.807) is 24.4 Å². The first-order chi connectivity index (χ1) is 12.2. The van der Waals surface area contributed by atoms with Crippen molar-refractivity contribution in [2.75, 3.05) is 19.8 Å². The average Bonchev–Trinajstić information content (AvgIpc) is 2.63. The van der Waals surface area contributed by atoms with E-state index in [9.17, 15) is 4.79 Å². The predicted octanol–water partition coefficient (Wildman–Crippen LogP) is 3.21. The summed E-state index contributed by atoms with van der Waals surface area (Å²) in [4.78, 5) is 16.6. The molecule has 0 bridgehead atoms. The Morgan fingerprint density at radius 2 is 1.72 bits per heavy atom. The first-order valence-corrected chi connectivity index (χ1v) is 8.44. The fourth-order valence-corrected chi connectivity index (χ4v) is 2.30. The molecule has 6 nitrogen and oxygen atoms in total. The van der Waals surface area contributed by atoms with Crippen molar-refractivity contribution in [2.24, 2.45) is 0 Å². The van der Waals surface area contributed by atoms with Crippen molar-refractivity contribution in [2.45, 2.75) is 27.3 Å². The Hall–Kier alpha value is -2.76. The first-order valence-electron chi connectivity index (χ1n) is 8.44. The fourth-order valence-electron chi connectivity index (χ4n) is 2.30. The summed E-state index contributed by atoms with van der Waals surface area (Å²) in [5.41, 5.74) is 1.34. The van der Waals surface area contributed by atoms with Crippen LogP contribution in [0.5, 0.6) is 17.4 Å². The highest BCUT2D eigenvalue weighted by Crippen LogP contribution is 2.28. The number of benzene rings is 1. The van der Waals surface area contributed by atoms with Crippen molar-refractivity contribution >= 4 is 5.91 Å². The predicted molar refractivity (Wildman–Crippen MR) is 95.4 cm³/mol. The number of nitrogens with one attached hydrogen (secondary N) is 1. The van der Waals surface area contributed by atoms with Crippen molar-refractivity contribution in [3.8, 4) is 17.4 Å². The summed E-state index contributed by atoms with van der Waals surface area (Å²) >= 11 is 0. The van der Waals surface area contributed by atoms with Crippen LogP contribution in [0.1, 0.15) is 36.7 Å². The Morgan fingerprint density at radius 3 is 2.44 bits per heavy atom. The molecule has 0 spiro atoms. The molecular weight excluding hydrogens is 320 g/mol. The van der Waals surface area contributed by atoms with Crippen LogP contribution in [0.15, 0.2) is 36.5 Å². The third-order valence-electron chi connectivity index (χ3n) is 3.38. The molecular formula is C19H24N2O4. The molecule has 0 atom stereocenters. The Morgan fingerprint density at radius 1 is 1.00 bits per heavy atom. The van der Waals surface area contributed by atoms with E-state index < -0.39 is 0 Å². The molecule has 134 valence electrons. The van der Waals surface area contributed by atoms with Gasteiger partial charge in [0.1, 0.15) is 0 Å². The van der Waals surface area contributed by atoms with Crippen molar-refractivity contribution < 1.29 is 19.0 Å². The highest BCUT2D eigenvalue weighted by Gasteiger charge is 2.12. The maximum absolute atomic E-state index is 12.4. The van der Waals surface area contributed by atoms with Gasteiger partial charge >= 0.3 is 0 Å². The van der Waals surface area contributed by atoms with Crippen LogP contribution in [0.4, 0.5) is 0 Å². The molecule has 0 unspecified atom stereocenters. The zero-order chi connectivity index (χ0) is 18.1. The Labute approximate surface area is 148 Å². The van der Waals surface area contributed by atoms with Gasteiger partial charge in [0.05, 0.1) is 19.8 Å². The van der Waals surface area contributed by atoms with Gasteiger partial charge in [0.15, 0.2) is 11.5 Å². The summed E-state index contributed by atoms with van der Waals surface area (Å²) in [6.45, 7) is 7.58. The van der Waals surface area contributed by atoms with Gasteiger partial charge in [-0.3, -0.25) is 4.79 Å². The smallest absolute Gasteiger partial charge is 0.251 e. The number of nitrogens with zero attached hydrogens (tertiary/aromatic N) is 1. The average molecular weight is 344 g/mol. The molecule has 0 fully saturated rings. The molecule has 0 saturated heterocycles. The van der Waals surface area contributed by atoms with Gasteiger partial charge in [-0.05, 0) is 45.0 Å². The number of aromatic nitrogens is 1. The van der Waals surface area contributed by atoms with Crippen LogP contribution < -0.4 is 19.5 Å². The van der Waals surface area contributed by atoms with E-state index in [0.717, 1.165) is 5.56 Å². The zero-order valence-electron chi connectivity index (χ0n) is 14.9. The second-order valence-corrected chi connectivity index (χ2v) is 5.11. The van der Waals surface area contributed by atoms with E-state index in [-0.39, 0.29) is 5.91 Å². The van der Waals surface area contributed by atoms with Crippen LogP contribution in [0.25, 0.3) is 0 Å². The fraction of sp³-hybridized carbons (Fsp3) is 0.368. The lowest BCUT2D eigenvalue weighted by Crippen LogP contribution is -2.23. The van der Waals surface area contributed by atoms with Gasteiger partial charge in [-0.25, -0.2) is 4.98 Å². The summed E-state index contributed by atoms with van der Waals surface area (Å²) in [6.07, 6.45) is 1.66.